The van der Waals surface area contributed by atoms with E-state index in [-0.39, 0.29) is 0 Å². The standard InChI is InChI=1S/C14H29N/c1-3-5-6-8-13(7-4-2)14-9-11-15-12-10-14/h13-15H,3-12H2,1-2H3. The van der Waals surface area contributed by atoms with Gasteiger partial charge in [-0.1, -0.05) is 52.4 Å². The quantitative estimate of drug-likeness (QED) is 0.628. The van der Waals surface area contributed by atoms with E-state index in [1.807, 2.05) is 0 Å². The summed E-state index contributed by atoms with van der Waals surface area (Å²) >= 11 is 0. The fourth-order valence-corrected chi connectivity index (χ4v) is 2.96. The molecule has 1 aliphatic heterocycles. The van der Waals surface area contributed by atoms with Gasteiger partial charge in [0.1, 0.15) is 0 Å². The van der Waals surface area contributed by atoms with E-state index in [1.165, 1.54) is 64.5 Å². The zero-order valence-corrected chi connectivity index (χ0v) is 10.7. The lowest BCUT2D eigenvalue weighted by atomic mass is 9.79. The predicted molar refractivity (Wildman–Crippen MR) is 68.1 cm³/mol. The average Bonchev–Trinajstić information content (AvgIpc) is 2.29. The van der Waals surface area contributed by atoms with Gasteiger partial charge in [0.05, 0.1) is 0 Å². The molecule has 0 aromatic heterocycles. The van der Waals surface area contributed by atoms with Gasteiger partial charge in [0.2, 0.25) is 0 Å². The smallest absolute Gasteiger partial charge is 0.00462 e. The first-order valence-corrected chi connectivity index (χ1v) is 7.09. The number of hydrogen-bond acceptors (Lipinski definition) is 1. The Balaban J connectivity index is 2.26. The van der Waals surface area contributed by atoms with Gasteiger partial charge in [-0.05, 0) is 37.8 Å². The van der Waals surface area contributed by atoms with E-state index in [2.05, 4.69) is 19.2 Å². The minimum absolute atomic E-state index is 1.03. The Hall–Kier alpha value is -0.0400. The molecule has 1 aliphatic rings. The Labute approximate surface area is 96.0 Å². The van der Waals surface area contributed by atoms with Crippen LogP contribution >= 0.6 is 0 Å². The maximum atomic E-state index is 3.48. The van der Waals surface area contributed by atoms with Crippen molar-refractivity contribution in [2.24, 2.45) is 11.8 Å². The molecule has 1 nitrogen and oxygen atoms in total. The van der Waals surface area contributed by atoms with Crippen LogP contribution in [-0.4, -0.2) is 13.1 Å². The van der Waals surface area contributed by atoms with Gasteiger partial charge >= 0.3 is 0 Å². The minimum atomic E-state index is 1.03. The maximum Gasteiger partial charge on any atom is -0.00462 e. The average molecular weight is 211 g/mol. The Morgan fingerprint density at radius 2 is 1.73 bits per heavy atom. The third kappa shape index (κ3) is 5.01. The largest absolute Gasteiger partial charge is 0.317 e. The molecule has 0 aromatic carbocycles. The van der Waals surface area contributed by atoms with Crippen LogP contribution in [0.25, 0.3) is 0 Å². The van der Waals surface area contributed by atoms with Crippen LogP contribution in [0, 0.1) is 11.8 Å². The van der Waals surface area contributed by atoms with E-state index in [0.29, 0.717) is 0 Å². The Morgan fingerprint density at radius 3 is 2.33 bits per heavy atom. The lowest BCUT2D eigenvalue weighted by Gasteiger charge is -2.30. The van der Waals surface area contributed by atoms with Gasteiger partial charge in [0.25, 0.3) is 0 Å². The van der Waals surface area contributed by atoms with Crippen molar-refractivity contribution >= 4 is 0 Å². The summed E-state index contributed by atoms with van der Waals surface area (Å²) < 4.78 is 0. The molecule has 15 heavy (non-hydrogen) atoms. The van der Waals surface area contributed by atoms with Crippen molar-refractivity contribution in [3.8, 4) is 0 Å². The number of hydrogen-bond donors (Lipinski definition) is 1. The SMILES string of the molecule is CCCCCC(CCC)C1CCNCC1. The molecule has 0 saturated carbocycles. The summed E-state index contributed by atoms with van der Waals surface area (Å²) in [7, 11) is 0. The van der Waals surface area contributed by atoms with E-state index in [4.69, 9.17) is 0 Å². The van der Waals surface area contributed by atoms with E-state index >= 15 is 0 Å². The van der Waals surface area contributed by atoms with E-state index < -0.39 is 0 Å². The fraction of sp³-hybridized carbons (Fsp3) is 1.00. The van der Waals surface area contributed by atoms with Crippen LogP contribution in [0.1, 0.15) is 65.2 Å². The second kappa shape index (κ2) is 8.15. The van der Waals surface area contributed by atoms with Crippen molar-refractivity contribution in [1.82, 2.24) is 5.32 Å². The van der Waals surface area contributed by atoms with Gasteiger partial charge in [-0.2, -0.15) is 0 Å². The minimum Gasteiger partial charge on any atom is -0.317 e. The molecular weight excluding hydrogens is 182 g/mol. The molecule has 1 fully saturated rings. The topological polar surface area (TPSA) is 12.0 Å². The van der Waals surface area contributed by atoms with Crippen molar-refractivity contribution < 1.29 is 0 Å². The molecular formula is C14H29N. The number of nitrogens with one attached hydrogen (secondary N) is 1. The fourth-order valence-electron chi connectivity index (χ4n) is 2.96. The van der Waals surface area contributed by atoms with Crippen molar-refractivity contribution in [3.05, 3.63) is 0 Å². The lowest BCUT2D eigenvalue weighted by molar-refractivity contribution is 0.228. The monoisotopic (exact) mass is 211 g/mol. The van der Waals surface area contributed by atoms with E-state index in [1.54, 1.807) is 0 Å². The van der Waals surface area contributed by atoms with Crippen LogP contribution in [0.15, 0.2) is 0 Å². The van der Waals surface area contributed by atoms with Crippen LogP contribution in [-0.2, 0) is 0 Å². The zero-order chi connectivity index (χ0) is 10.9. The molecule has 1 heteroatoms. The summed E-state index contributed by atoms with van der Waals surface area (Å²) in [5, 5.41) is 3.48. The van der Waals surface area contributed by atoms with Gasteiger partial charge in [-0.3, -0.25) is 0 Å². The van der Waals surface area contributed by atoms with E-state index in [9.17, 15) is 0 Å². The lowest BCUT2D eigenvalue weighted by Crippen LogP contribution is -2.31. The van der Waals surface area contributed by atoms with Gasteiger partial charge in [0.15, 0.2) is 0 Å². The summed E-state index contributed by atoms with van der Waals surface area (Å²) in [5.74, 6) is 2.06. The van der Waals surface area contributed by atoms with Gasteiger partial charge in [-0.25, -0.2) is 0 Å². The molecule has 0 spiro atoms. The maximum absolute atomic E-state index is 3.48. The summed E-state index contributed by atoms with van der Waals surface area (Å²) in [6.45, 7) is 7.17. The zero-order valence-electron chi connectivity index (χ0n) is 10.7. The highest BCUT2D eigenvalue weighted by molar-refractivity contribution is 4.75. The van der Waals surface area contributed by atoms with Crippen molar-refractivity contribution in [3.63, 3.8) is 0 Å². The molecule has 1 saturated heterocycles. The molecule has 90 valence electrons. The number of piperidine rings is 1. The van der Waals surface area contributed by atoms with Crippen LogP contribution in [0.2, 0.25) is 0 Å². The molecule has 1 N–H and O–H groups in total. The third-order valence-electron chi connectivity index (χ3n) is 3.89. The molecule has 0 bridgehead atoms. The highest BCUT2D eigenvalue weighted by Gasteiger charge is 2.21. The summed E-state index contributed by atoms with van der Waals surface area (Å²) in [6.07, 6.45) is 11.5. The molecule has 1 unspecified atom stereocenters. The van der Waals surface area contributed by atoms with Gasteiger partial charge in [-0.15, -0.1) is 0 Å². The first-order valence-electron chi connectivity index (χ1n) is 7.09. The Kier molecular flexibility index (Phi) is 7.08. The third-order valence-corrected chi connectivity index (χ3v) is 3.89. The molecule has 0 aromatic rings. The second-order valence-electron chi connectivity index (χ2n) is 5.13. The highest BCUT2D eigenvalue weighted by Crippen LogP contribution is 2.30. The summed E-state index contributed by atoms with van der Waals surface area (Å²) in [5.41, 5.74) is 0. The Morgan fingerprint density at radius 1 is 1.00 bits per heavy atom. The molecule has 1 heterocycles. The molecule has 0 amide bonds. The van der Waals surface area contributed by atoms with E-state index in [0.717, 1.165) is 11.8 Å². The number of rotatable bonds is 7. The van der Waals surface area contributed by atoms with Crippen LogP contribution in [0.5, 0.6) is 0 Å². The molecule has 0 radical (unpaired) electrons. The van der Waals surface area contributed by atoms with Gasteiger partial charge < -0.3 is 5.32 Å². The second-order valence-corrected chi connectivity index (χ2v) is 5.13. The highest BCUT2D eigenvalue weighted by atomic mass is 14.9. The van der Waals surface area contributed by atoms with Crippen molar-refractivity contribution in [2.75, 3.05) is 13.1 Å². The normalized spacial score (nSPS) is 20.4. The molecule has 0 aliphatic carbocycles. The van der Waals surface area contributed by atoms with Crippen molar-refractivity contribution in [2.45, 2.75) is 65.2 Å². The predicted octanol–water partition coefficient (Wildman–Crippen LogP) is 3.98. The molecule has 1 atom stereocenters. The van der Waals surface area contributed by atoms with Gasteiger partial charge in [0, 0.05) is 0 Å². The van der Waals surface area contributed by atoms with Crippen molar-refractivity contribution in [1.29, 1.82) is 0 Å². The molecule has 1 rings (SSSR count). The van der Waals surface area contributed by atoms with Crippen LogP contribution < -0.4 is 5.32 Å². The van der Waals surface area contributed by atoms with Crippen LogP contribution in [0.4, 0.5) is 0 Å². The first-order chi connectivity index (χ1) is 7.38. The Bertz CT molecular complexity index is 138. The first kappa shape index (κ1) is 13.0. The van der Waals surface area contributed by atoms with Crippen LogP contribution in [0.3, 0.4) is 0 Å². The summed E-state index contributed by atoms with van der Waals surface area (Å²) in [6, 6.07) is 0. The summed E-state index contributed by atoms with van der Waals surface area (Å²) in [4.78, 5) is 0. The number of unbranched alkanes of at least 4 members (excludes halogenated alkanes) is 2.